The van der Waals surface area contributed by atoms with E-state index in [-0.39, 0.29) is 129 Å². The number of rotatable bonds is 0. The standard InChI is InChI=1S/4C17H22N4O.2C16H21N5O.4CH4/c2*1-16(2,3)11-9-10-12(18-13(11)17(4,5)6)7-8-21-14(10)19-20-15(21)22;2*1-16(2,3)11-9-10-12(18-13(11)17(4,5)6)7-8-21-14(10)19-15(22)20-21;2*1-15(2,3)11-12(16(4,5)6)18-13-9(17-11)7-8-10-19-20-14(22)21(10)13;;;;/h4*7-9H,1-6H3,(H,20,22);2*7-8H,1-6H3,(H,20,22);4*1H4. The van der Waals surface area contributed by atoms with E-state index in [2.05, 4.69) is 334 Å². The summed E-state index contributed by atoms with van der Waals surface area (Å²) in [5.41, 5.74) is 19.8. The molecule has 0 aliphatic rings. The summed E-state index contributed by atoms with van der Waals surface area (Å²) in [6.07, 6.45) is 7.03. The van der Waals surface area contributed by atoms with Gasteiger partial charge in [0.05, 0.1) is 67.6 Å². The van der Waals surface area contributed by atoms with Gasteiger partial charge in [-0.15, -0.1) is 0 Å². The highest BCUT2D eigenvalue weighted by molar-refractivity contribution is 5.95. The van der Waals surface area contributed by atoms with Crippen molar-refractivity contribution in [3.63, 3.8) is 0 Å². The van der Waals surface area contributed by atoms with E-state index >= 15 is 0 Å². The quantitative estimate of drug-likeness (QED) is 0.0821. The summed E-state index contributed by atoms with van der Waals surface area (Å²) in [5.74, 6) is 0. The predicted octanol–water partition coefficient (Wildman–Crippen LogP) is 20.3. The van der Waals surface area contributed by atoms with Crippen molar-refractivity contribution in [1.82, 2.24) is 127 Å². The molecule has 0 atom stereocenters. The van der Waals surface area contributed by atoms with Crippen LogP contribution < -0.4 is 34.1 Å². The molecule has 18 aromatic rings. The SMILES string of the molecule is C.C.C.C.CC(C)(C)c1cc2c(ccn3[nH]c(=O)nc23)nc1C(C)(C)C.CC(C)(C)c1cc2c(ccn3[nH]c(=O)nc23)nc1C(C)(C)C.CC(C)(C)c1cc2c(ccn3c(=O)[nH]nc23)nc1C(C)(C)C.CC(C)(C)c1cc2c(ccn3c(=O)[nH]nc23)nc1C(C)(C)C.CC(C)(C)c1nc2ccc3n[nH]c(=O)n3c2nc1C(C)(C)C.CC(C)(C)c1nc2ccc3n[nH]c(=O)n3c2nc1C(C)(C)C. The topological polar surface area (TPSA) is 404 Å². The van der Waals surface area contributed by atoms with Gasteiger partial charge in [-0.05, 0) is 117 Å². The molecule has 0 aromatic carbocycles. The molecule has 0 spiro atoms. The van der Waals surface area contributed by atoms with Crippen molar-refractivity contribution >= 4 is 99.8 Å². The van der Waals surface area contributed by atoms with Crippen LogP contribution in [-0.2, 0) is 65.0 Å². The maximum Gasteiger partial charge on any atom is 0.362 e. The Hall–Kier alpha value is -13.2. The lowest BCUT2D eigenvalue weighted by Crippen LogP contribution is -2.26. The van der Waals surface area contributed by atoms with Gasteiger partial charge in [-0.2, -0.15) is 30.4 Å². The summed E-state index contributed by atoms with van der Waals surface area (Å²) in [4.78, 5) is 118. The first-order valence-electron chi connectivity index (χ1n) is 44.8. The maximum absolute atomic E-state index is 12.0. The van der Waals surface area contributed by atoms with E-state index in [9.17, 15) is 28.8 Å². The summed E-state index contributed by atoms with van der Waals surface area (Å²) in [7, 11) is 0. The summed E-state index contributed by atoms with van der Waals surface area (Å²) < 4.78 is 9.29. The van der Waals surface area contributed by atoms with E-state index in [1.165, 1.54) is 39.9 Å². The molecule has 0 unspecified atom stereocenters. The number of aromatic nitrogens is 26. The van der Waals surface area contributed by atoms with Gasteiger partial charge < -0.3 is 0 Å². The largest absolute Gasteiger partial charge is 0.362 e. The zero-order valence-electron chi connectivity index (χ0n) is 83.6. The minimum absolute atomic E-state index is 0. The van der Waals surface area contributed by atoms with Crippen LogP contribution >= 0.6 is 0 Å². The van der Waals surface area contributed by atoms with Crippen molar-refractivity contribution in [2.24, 2.45) is 0 Å². The minimum atomic E-state index is -0.343. The van der Waals surface area contributed by atoms with Crippen LogP contribution in [-0.4, -0.2) is 127 Å². The lowest BCUT2D eigenvalue weighted by atomic mass is 9.78. The molecule has 0 radical (unpaired) electrons. The summed E-state index contributed by atoms with van der Waals surface area (Å²) >= 11 is 0. The second-order valence-electron chi connectivity index (χ2n) is 46.8. The number of nitrogens with one attached hydrogen (secondary N) is 6. The lowest BCUT2D eigenvalue weighted by Gasteiger charge is -2.29. The van der Waals surface area contributed by atoms with Crippen molar-refractivity contribution in [1.29, 1.82) is 0 Å². The van der Waals surface area contributed by atoms with Gasteiger partial charge in [-0.25, -0.2) is 106 Å². The van der Waals surface area contributed by atoms with Crippen LogP contribution in [0, 0.1) is 0 Å². The average molecular weight is 1860 g/mol. The second-order valence-corrected chi connectivity index (χ2v) is 46.8. The first-order valence-corrected chi connectivity index (χ1v) is 44.8. The predicted molar refractivity (Wildman–Crippen MR) is 554 cm³/mol. The Labute approximate surface area is 795 Å². The first-order chi connectivity index (χ1) is 60.5. The number of hydrogen-bond donors (Lipinski definition) is 6. The molecule has 0 saturated carbocycles. The van der Waals surface area contributed by atoms with E-state index < -0.39 is 0 Å². The molecule has 728 valence electrons. The van der Waals surface area contributed by atoms with Crippen molar-refractivity contribution in [3.05, 3.63) is 228 Å². The Morgan fingerprint density at radius 1 is 0.221 bits per heavy atom. The van der Waals surface area contributed by atoms with Gasteiger partial charge in [0.1, 0.15) is 11.0 Å². The molecule has 0 bridgehead atoms. The maximum atomic E-state index is 12.0. The van der Waals surface area contributed by atoms with E-state index in [4.69, 9.17) is 39.9 Å². The van der Waals surface area contributed by atoms with Gasteiger partial charge in [0.25, 0.3) is 0 Å². The Bertz CT molecular complexity index is 7310. The van der Waals surface area contributed by atoms with Crippen LogP contribution in [0.5, 0.6) is 0 Å². The Morgan fingerprint density at radius 2 is 0.449 bits per heavy atom. The van der Waals surface area contributed by atoms with Crippen molar-refractivity contribution in [3.8, 4) is 0 Å². The third-order valence-electron chi connectivity index (χ3n) is 22.7. The smallest absolute Gasteiger partial charge is 0.252 e. The average Bonchev–Trinajstić information content (AvgIpc) is 1.17. The normalized spacial score (nSPS) is 12.8. The van der Waals surface area contributed by atoms with Crippen LogP contribution in [0.1, 0.15) is 347 Å². The van der Waals surface area contributed by atoms with Crippen LogP contribution in [0.4, 0.5) is 0 Å². The number of H-pyrrole nitrogens is 6. The van der Waals surface area contributed by atoms with Crippen LogP contribution in [0.2, 0.25) is 0 Å². The summed E-state index contributed by atoms with van der Waals surface area (Å²) in [5, 5.41) is 35.2. The molecule has 18 rings (SSSR count). The number of aromatic amines is 6. The molecule has 32 heteroatoms. The van der Waals surface area contributed by atoms with Gasteiger partial charge in [-0.1, -0.05) is 279 Å². The van der Waals surface area contributed by atoms with E-state index in [0.717, 1.165) is 89.2 Å². The molecule has 18 aromatic heterocycles. The van der Waals surface area contributed by atoms with Gasteiger partial charge in [-0.3, -0.25) is 19.9 Å². The first kappa shape index (κ1) is 107. The highest BCUT2D eigenvalue weighted by atomic mass is 16.2. The lowest BCUT2D eigenvalue weighted by molar-refractivity contribution is 0.502. The Morgan fingerprint density at radius 3 is 0.699 bits per heavy atom. The molecule has 0 aliphatic heterocycles. The van der Waals surface area contributed by atoms with Crippen LogP contribution in [0.15, 0.2) is 126 Å². The molecular formula is C104H146N26O6. The zero-order valence-corrected chi connectivity index (χ0v) is 83.6. The van der Waals surface area contributed by atoms with Gasteiger partial charge in [0, 0.05) is 89.7 Å². The van der Waals surface area contributed by atoms with Crippen LogP contribution in [0.25, 0.3) is 99.8 Å². The molecule has 0 amide bonds. The molecule has 0 aliphatic carbocycles. The van der Waals surface area contributed by atoms with Gasteiger partial charge in [0.2, 0.25) is 0 Å². The van der Waals surface area contributed by atoms with Crippen molar-refractivity contribution in [2.45, 2.75) is 344 Å². The summed E-state index contributed by atoms with van der Waals surface area (Å²) in [6, 6.07) is 23.4. The monoisotopic (exact) mass is 1860 g/mol. The molecule has 0 fully saturated rings. The fourth-order valence-corrected chi connectivity index (χ4v) is 16.1. The molecule has 32 nitrogen and oxygen atoms in total. The molecular weight excluding hydrogens is 1710 g/mol. The zero-order chi connectivity index (χ0) is 97.7. The third kappa shape index (κ3) is 21.4. The van der Waals surface area contributed by atoms with Gasteiger partial charge in [0.15, 0.2) is 45.2 Å². The fourth-order valence-electron chi connectivity index (χ4n) is 16.1. The highest BCUT2D eigenvalue weighted by Gasteiger charge is 2.36. The molecule has 0 saturated heterocycles. The number of hydrogen-bond acceptors (Lipinski definition) is 20. The highest BCUT2D eigenvalue weighted by Crippen LogP contribution is 2.42. The number of fused-ring (bicyclic) bond motifs is 18. The molecule has 18 heterocycles. The Balaban J connectivity index is 0.000000182. The summed E-state index contributed by atoms with van der Waals surface area (Å²) in [6.45, 7) is 77.7. The van der Waals surface area contributed by atoms with E-state index in [0.29, 0.717) is 56.2 Å². The number of nitrogens with zero attached hydrogens (tertiary/aromatic N) is 20. The third-order valence-corrected chi connectivity index (χ3v) is 22.7. The van der Waals surface area contributed by atoms with E-state index in [1.807, 2.05) is 36.4 Å². The van der Waals surface area contributed by atoms with Crippen molar-refractivity contribution in [2.75, 3.05) is 0 Å². The second kappa shape index (κ2) is 36.5. The number of pyridine rings is 10. The molecule has 6 N–H and O–H groups in total. The minimum Gasteiger partial charge on any atom is -0.252 e. The molecule has 136 heavy (non-hydrogen) atoms. The van der Waals surface area contributed by atoms with Gasteiger partial charge >= 0.3 is 34.1 Å². The van der Waals surface area contributed by atoms with Crippen LogP contribution in [0.3, 0.4) is 0 Å². The van der Waals surface area contributed by atoms with Crippen molar-refractivity contribution < 1.29 is 0 Å². The Kier molecular flexibility index (Phi) is 28.6. The van der Waals surface area contributed by atoms with E-state index in [1.54, 1.807) is 46.0 Å². The fraction of sp³-hybridized carbons (Fsp3) is 0.500.